The molecule has 0 aromatic rings. The molecule has 0 aliphatic rings. The molecule has 0 aromatic carbocycles. The van der Waals surface area contributed by atoms with Gasteiger partial charge in [0.1, 0.15) is 0 Å². The molecule has 4 heteroatoms. The highest BCUT2D eigenvalue weighted by molar-refractivity contribution is 6.53. The van der Waals surface area contributed by atoms with Crippen LogP contribution in [0.5, 0.6) is 0 Å². The van der Waals surface area contributed by atoms with Crippen LogP contribution < -0.4 is 15.3 Å². The van der Waals surface area contributed by atoms with E-state index in [-0.39, 0.29) is 5.54 Å². The average molecular weight is 217 g/mol. The fourth-order valence-corrected chi connectivity index (χ4v) is 3.03. The van der Waals surface area contributed by atoms with Crippen LogP contribution in [0, 0.1) is 0 Å². The third-order valence-corrected chi connectivity index (χ3v) is 4.42. The zero-order valence-electron chi connectivity index (χ0n) is 10.4. The predicted octanol–water partition coefficient (Wildman–Crippen LogP) is 0.814. The molecule has 0 rings (SSSR count). The lowest BCUT2D eigenvalue weighted by molar-refractivity contribution is 0.438. The Morgan fingerprint density at radius 3 is 2.21 bits per heavy atom. The molecular weight excluding hydrogens is 190 g/mol. The Kier molecular flexibility index (Phi) is 7.45. The van der Waals surface area contributed by atoms with Gasteiger partial charge in [-0.1, -0.05) is 6.92 Å². The maximum Gasteiger partial charge on any atom is 0.185 e. The Hall–Kier alpha value is 0.0969. The van der Waals surface area contributed by atoms with Crippen molar-refractivity contribution >= 4 is 9.12 Å². The van der Waals surface area contributed by atoms with Gasteiger partial charge in [-0.05, 0) is 53.4 Å². The predicted molar refractivity (Wildman–Crippen MR) is 67.1 cm³/mol. The fourth-order valence-electron chi connectivity index (χ4n) is 1.26. The summed E-state index contributed by atoms with van der Waals surface area (Å²) >= 11 is 0. The molecule has 3 nitrogen and oxygen atoms in total. The third kappa shape index (κ3) is 8.68. The minimum Gasteiger partial charge on any atom is -0.331 e. The van der Waals surface area contributed by atoms with E-state index in [2.05, 4.69) is 50.0 Å². The van der Waals surface area contributed by atoms with Crippen molar-refractivity contribution in [3.8, 4) is 0 Å². The molecule has 0 saturated heterocycles. The van der Waals surface area contributed by atoms with E-state index in [9.17, 15) is 0 Å². The summed E-state index contributed by atoms with van der Waals surface area (Å²) < 4.78 is 0. The molecule has 0 heterocycles. The van der Waals surface area contributed by atoms with E-state index in [0.717, 1.165) is 13.1 Å². The highest BCUT2D eigenvalue weighted by Gasteiger charge is 2.11. The summed E-state index contributed by atoms with van der Waals surface area (Å²) in [6.45, 7) is 11.1. The smallest absolute Gasteiger partial charge is 0.185 e. The van der Waals surface area contributed by atoms with Crippen LogP contribution in [0.25, 0.3) is 0 Å². The molecule has 3 N–H and O–H groups in total. The van der Waals surface area contributed by atoms with Crippen LogP contribution in [0.2, 0.25) is 6.04 Å². The van der Waals surface area contributed by atoms with Crippen molar-refractivity contribution in [3.63, 3.8) is 0 Å². The van der Waals surface area contributed by atoms with Crippen LogP contribution in [-0.2, 0) is 0 Å². The summed E-state index contributed by atoms with van der Waals surface area (Å²) in [6.07, 6.45) is 1.22. The third-order valence-electron chi connectivity index (χ3n) is 2.08. The van der Waals surface area contributed by atoms with Crippen LogP contribution in [0.15, 0.2) is 0 Å². The molecule has 1 atom stereocenters. The second-order valence-electron chi connectivity index (χ2n) is 4.76. The molecule has 14 heavy (non-hydrogen) atoms. The first-order valence-corrected chi connectivity index (χ1v) is 7.62. The monoisotopic (exact) mass is 217 g/mol. The van der Waals surface area contributed by atoms with Gasteiger partial charge in [0.2, 0.25) is 0 Å². The van der Waals surface area contributed by atoms with Crippen molar-refractivity contribution < 1.29 is 0 Å². The highest BCUT2D eigenvalue weighted by atomic mass is 28.3. The van der Waals surface area contributed by atoms with Gasteiger partial charge >= 0.3 is 0 Å². The van der Waals surface area contributed by atoms with Gasteiger partial charge < -0.3 is 15.3 Å². The molecule has 0 fully saturated rings. The van der Waals surface area contributed by atoms with Gasteiger partial charge in [0.25, 0.3) is 0 Å². The zero-order chi connectivity index (χ0) is 11.0. The van der Waals surface area contributed by atoms with E-state index in [1.807, 2.05) is 0 Å². The molecule has 0 amide bonds. The van der Waals surface area contributed by atoms with Gasteiger partial charge in [0.15, 0.2) is 9.12 Å². The first-order chi connectivity index (χ1) is 6.49. The Balaban J connectivity index is 3.52. The van der Waals surface area contributed by atoms with E-state index >= 15 is 0 Å². The normalized spacial score (nSPS) is 14.4. The highest BCUT2D eigenvalue weighted by Crippen LogP contribution is 1.98. The van der Waals surface area contributed by atoms with Crippen LogP contribution in [-0.4, -0.2) is 34.8 Å². The molecule has 1 unspecified atom stereocenters. The fraction of sp³-hybridized carbons (Fsp3) is 1.00. The summed E-state index contributed by atoms with van der Waals surface area (Å²) in [5.41, 5.74) is 0.247. The van der Waals surface area contributed by atoms with Crippen molar-refractivity contribution in [2.45, 2.75) is 45.7 Å². The molecule has 0 spiro atoms. The summed E-state index contributed by atoms with van der Waals surface area (Å²) in [5.74, 6) is 0. The number of hydrogen-bond donors (Lipinski definition) is 3. The molecular formula is C10H27N3Si. The van der Waals surface area contributed by atoms with Crippen LogP contribution in [0.4, 0.5) is 0 Å². The van der Waals surface area contributed by atoms with E-state index in [1.165, 1.54) is 12.5 Å². The van der Waals surface area contributed by atoms with Gasteiger partial charge in [-0.25, -0.2) is 0 Å². The lowest BCUT2D eigenvalue weighted by atomic mass is 10.1. The quantitative estimate of drug-likeness (QED) is 0.553. The largest absolute Gasteiger partial charge is 0.331 e. The van der Waals surface area contributed by atoms with Crippen molar-refractivity contribution in [1.29, 1.82) is 0 Å². The molecule has 0 radical (unpaired) electrons. The summed E-state index contributed by atoms with van der Waals surface area (Å²) in [5, 5.41) is 3.52. The van der Waals surface area contributed by atoms with Gasteiger partial charge in [-0.2, -0.15) is 0 Å². The zero-order valence-corrected chi connectivity index (χ0v) is 11.6. The Bertz CT molecular complexity index is 134. The van der Waals surface area contributed by atoms with Crippen molar-refractivity contribution in [1.82, 2.24) is 15.3 Å². The van der Waals surface area contributed by atoms with Crippen molar-refractivity contribution in [3.05, 3.63) is 0 Å². The van der Waals surface area contributed by atoms with Gasteiger partial charge in [0, 0.05) is 5.54 Å². The number of nitrogens with one attached hydrogen (secondary N) is 3. The lowest BCUT2D eigenvalue weighted by Crippen LogP contribution is -2.48. The SMILES string of the molecule is CCCN[SiH](CCNC(C)(C)C)NC. The van der Waals surface area contributed by atoms with E-state index < -0.39 is 9.12 Å². The second-order valence-corrected chi connectivity index (χ2v) is 7.43. The maximum atomic E-state index is 3.59. The van der Waals surface area contributed by atoms with Crippen LogP contribution in [0.1, 0.15) is 34.1 Å². The first-order valence-electron chi connectivity index (χ1n) is 5.65. The van der Waals surface area contributed by atoms with E-state index in [0.29, 0.717) is 0 Å². The van der Waals surface area contributed by atoms with Crippen LogP contribution >= 0.6 is 0 Å². The number of hydrogen-bond acceptors (Lipinski definition) is 3. The van der Waals surface area contributed by atoms with Crippen molar-refractivity contribution in [2.24, 2.45) is 0 Å². The van der Waals surface area contributed by atoms with E-state index in [1.54, 1.807) is 0 Å². The second kappa shape index (κ2) is 7.40. The lowest BCUT2D eigenvalue weighted by Gasteiger charge is -2.22. The Labute approximate surface area is 90.8 Å². The molecule has 86 valence electrons. The Morgan fingerprint density at radius 2 is 1.79 bits per heavy atom. The van der Waals surface area contributed by atoms with Crippen molar-refractivity contribution in [2.75, 3.05) is 20.1 Å². The van der Waals surface area contributed by atoms with Gasteiger partial charge in [-0.3, -0.25) is 0 Å². The molecule has 0 saturated carbocycles. The minimum atomic E-state index is -0.883. The summed E-state index contributed by atoms with van der Waals surface area (Å²) in [6, 6.07) is 1.26. The standard InChI is InChI=1S/C10H27N3Si/c1-6-7-13-14(11-5)9-8-12-10(2,3)4/h11-14H,6-9H2,1-5H3. The summed E-state index contributed by atoms with van der Waals surface area (Å²) in [7, 11) is 1.18. The molecule has 0 aromatic heterocycles. The molecule has 0 bridgehead atoms. The molecule has 0 aliphatic heterocycles. The van der Waals surface area contributed by atoms with Gasteiger partial charge in [-0.15, -0.1) is 0 Å². The maximum absolute atomic E-state index is 3.59. The van der Waals surface area contributed by atoms with Crippen LogP contribution in [0.3, 0.4) is 0 Å². The van der Waals surface area contributed by atoms with E-state index in [4.69, 9.17) is 0 Å². The number of rotatable bonds is 7. The topological polar surface area (TPSA) is 36.1 Å². The minimum absolute atomic E-state index is 0.247. The van der Waals surface area contributed by atoms with Gasteiger partial charge in [0.05, 0.1) is 0 Å². The first kappa shape index (κ1) is 14.1. The Morgan fingerprint density at radius 1 is 1.14 bits per heavy atom. The molecule has 0 aliphatic carbocycles. The summed E-state index contributed by atoms with van der Waals surface area (Å²) in [4.78, 5) is 7.00. The average Bonchev–Trinajstić information content (AvgIpc) is 2.09.